The quantitative estimate of drug-likeness (QED) is 0.824. The highest BCUT2D eigenvalue weighted by Gasteiger charge is 2.16. The van der Waals surface area contributed by atoms with Crippen LogP contribution in [0, 0.1) is 0 Å². The summed E-state index contributed by atoms with van der Waals surface area (Å²) in [5.41, 5.74) is -0.237. The number of rotatable bonds is 3. The van der Waals surface area contributed by atoms with Gasteiger partial charge in [-0.1, -0.05) is 0 Å². The number of pyridine rings is 1. The second-order valence-electron chi connectivity index (χ2n) is 5.07. The number of aromatic nitrogens is 1. The van der Waals surface area contributed by atoms with Crippen LogP contribution in [0.5, 0.6) is 0 Å². The molecule has 0 saturated carbocycles. The largest absolute Gasteiger partial charge is 0.444 e. The predicted molar refractivity (Wildman–Crippen MR) is 73.4 cm³/mol. The number of nitrogens with zero attached hydrogens (tertiary/aromatic N) is 1. The van der Waals surface area contributed by atoms with E-state index in [9.17, 15) is 14.4 Å². The maximum absolute atomic E-state index is 11.5. The molecule has 0 atom stereocenters. The number of nitrogens with one attached hydrogen (secondary N) is 2. The van der Waals surface area contributed by atoms with Crippen molar-refractivity contribution in [1.82, 2.24) is 4.98 Å². The highest BCUT2D eigenvalue weighted by Crippen LogP contribution is 2.12. The van der Waals surface area contributed by atoms with Gasteiger partial charge in [0.2, 0.25) is 5.78 Å². The molecule has 0 radical (unpaired) electrons. The molecule has 0 aromatic carbocycles. The van der Waals surface area contributed by atoms with Gasteiger partial charge in [0.1, 0.15) is 11.4 Å². The zero-order valence-electron chi connectivity index (χ0n) is 11.8. The number of amides is 2. The van der Waals surface area contributed by atoms with Crippen molar-refractivity contribution in [2.75, 3.05) is 10.6 Å². The Labute approximate surface area is 116 Å². The number of ketones is 1. The number of ether oxygens (including phenoxy) is 1. The molecule has 0 aliphatic carbocycles. The van der Waals surface area contributed by atoms with Gasteiger partial charge < -0.3 is 10.1 Å². The topological polar surface area (TPSA) is 97.4 Å². The van der Waals surface area contributed by atoms with Gasteiger partial charge in [-0.3, -0.25) is 14.9 Å². The zero-order valence-corrected chi connectivity index (χ0v) is 11.8. The monoisotopic (exact) mass is 279 g/mol. The second kappa shape index (κ2) is 6.14. The first-order valence-electron chi connectivity index (χ1n) is 5.95. The Morgan fingerprint density at radius 1 is 1.15 bits per heavy atom. The molecule has 1 aromatic rings. The van der Waals surface area contributed by atoms with Crippen LogP contribution in [-0.4, -0.2) is 28.4 Å². The van der Waals surface area contributed by atoms with Gasteiger partial charge in [-0.2, -0.15) is 0 Å². The van der Waals surface area contributed by atoms with Crippen molar-refractivity contribution < 1.29 is 19.1 Å². The maximum Gasteiger partial charge on any atom is 0.413 e. The van der Waals surface area contributed by atoms with Crippen molar-refractivity contribution in [2.24, 2.45) is 0 Å². The molecule has 7 nitrogen and oxygen atoms in total. The average Bonchev–Trinajstić information content (AvgIpc) is 2.28. The van der Waals surface area contributed by atoms with Crippen LogP contribution in [0.15, 0.2) is 18.3 Å². The van der Waals surface area contributed by atoms with E-state index < -0.39 is 23.4 Å². The van der Waals surface area contributed by atoms with Gasteiger partial charge in [-0.15, -0.1) is 0 Å². The van der Waals surface area contributed by atoms with Crippen molar-refractivity contribution in [3.05, 3.63) is 18.3 Å². The standard InChI is InChI=1S/C13H17N3O4/c1-8(17)11(18)15-9-5-6-10(14-7-9)16-12(19)20-13(2,3)4/h5-7H,1-4H3,(H,15,18)(H,14,16,19). The molecule has 0 aliphatic heterocycles. The minimum Gasteiger partial charge on any atom is -0.444 e. The highest BCUT2D eigenvalue weighted by atomic mass is 16.6. The number of Topliss-reactive ketones (excluding diaryl/α,β-unsaturated/α-hetero) is 1. The van der Waals surface area contributed by atoms with E-state index in [0.29, 0.717) is 5.69 Å². The third-order valence-corrected chi connectivity index (χ3v) is 1.97. The van der Waals surface area contributed by atoms with E-state index in [4.69, 9.17) is 4.74 Å². The molecule has 1 heterocycles. The lowest BCUT2D eigenvalue weighted by Crippen LogP contribution is -2.27. The van der Waals surface area contributed by atoms with Gasteiger partial charge >= 0.3 is 6.09 Å². The third-order valence-electron chi connectivity index (χ3n) is 1.97. The first kappa shape index (κ1) is 15.6. The van der Waals surface area contributed by atoms with E-state index >= 15 is 0 Å². The van der Waals surface area contributed by atoms with Crippen molar-refractivity contribution in [3.63, 3.8) is 0 Å². The van der Waals surface area contributed by atoms with E-state index in [1.807, 2.05) is 0 Å². The van der Waals surface area contributed by atoms with Crippen LogP contribution >= 0.6 is 0 Å². The molecule has 0 aliphatic rings. The fourth-order valence-corrected chi connectivity index (χ4v) is 1.17. The summed E-state index contributed by atoms with van der Waals surface area (Å²) in [5.74, 6) is -1.04. The number of carbonyl (C=O) groups excluding carboxylic acids is 3. The van der Waals surface area contributed by atoms with Crippen LogP contribution in [-0.2, 0) is 14.3 Å². The summed E-state index contributed by atoms with van der Waals surface area (Å²) in [6.07, 6.45) is 0.707. The van der Waals surface area contributed by atoms with Crippen LogP contribution in [0.1, 0.15) is 27.7 Å². The van der Waals surface area contributed by atoms with Gasteiger partial charge in [0.15, 0.2) is 0 Å². The zero-order chi connectivity index (χ0) is 15.3. The third kappa shape index (κ3) is 5.47. The normalized spacial score (nSPS) is 10.6. The number of hydrogen-bond donors (Lipinski definition) is 2. The van der Waals surface area contributed by atoms with Crippen molar-refractivity contribution in [1.29, 1.82) is 0 Å². The van der Waals surface area contributed by atoms with E-state index in [0.717, 1.165) is 0 Å². The van der Waals surface area contributed by atoms with Gasteiger partial charge in [-0.05, 0) is 32.9 Å². The summed E-state index contributed by atoms with van der Waals surface area (Å²) < 4.78 is 5.06. The first-order chi connectivity index (χ1) is 9.17. The molecule has 0 spiro atoms. The summed E-state index contributed by atoms with van der Waals surface area (Å²) in [5, 5.41) is 4.82. The van der Waals surface area contributed by atoms with Crippen LogP contribution < -0.4 is 10.6 Å². The van der Waals surface area contributed by atoms with Crippen LogP contribution in [0.2, 0.25) is 0 Å². The fourth-order valence-electron chi connectivity index (χ4n) is 1.17. The Bertz CT molecular complexity index is 517. The van der Waals surface area contributed by atoms with Crippen LogP contribution in [0.3, 0.4) is 0 Å². The van der Waals surface area contributed by atoms with E-state index in [1.165, 1.54) is 25.3 Å². The van der Waals surface area contributed by atoms with Gasteiger partial charge in [0.25, 0.3) is 5.91 Å². The summed E-state index contributed by atoms with van der Waals surface area (Å²) in [7, 11) is 0. The Morgan fingerprint density at radius 2 is 1.80 bits per heavy atom. The number of hydrogen-bond acceptors (Lipinski definition) is 5. The molecule has 2 N–H and O–H groups in total. The molecule has 1 aromatic heterocycles. The lowest BCUT2D eigenvalue weighted by atomic mass is 10.2. The van der Waals surface area contributed by atoms with Crippen molar-refractivity contribution in [2.45, 2.75) is 33.3 Å². The molecule has 20 heavy (non-hydrogen) atoms. The molecule has 0 fully saturated rings. The average molecular weight is 279 g/mol. The number of carbonyl (C=O) groups is 3. The highest BCUT2D eigenvalue weighted by molar-refractivity contribution is 6.39. The lowest BCUT2D eigenvalue weighted by Gasteiger charge is -2.19. The summed E-state index contributed by atoms with van der Waals surface area (Å²) in [6, 6.07) is 3.00. The van der Waals surface area contributed by atoms with Gasteiger partial charge in [0, 0.05) is 6.92 Å². The van der Waals surface area contributed by atoms with E-state index in [2.05, 4.69) is 15.6 Å². The lowest BCUT2D eigenvalue weighted by molar-refractivity contribution is -0.133. The molecule has 108 valence electrons. The summed E-state index contributed by atoms with van der Waals surface area (Å²) in [6.45, 7) is 6.42. The number of anilines is 2. The molecule has 0 bridgehead atoms. The molecular formula is C13H17N3O4. The Morgan fingerprint density at radius 3 is 2.25 bits per heavy atom. The van der Waals surface area contributed by atoms with Gasteiger partial charge in [0.05, 0.1) is 11.9 Å². The SMILES string of the molecule is CC(=O)C(=O)Nc1ccc(NC(=O)OC(C)(C)C)nc1. The molecule has 1 rings (SSSR count). The van der Waals surface area contributed by atoms with Crippen molar-refractivity contribution in [3.8, 4) is 0 Å². The maximum atomic E-state index is 11.5. The Balaban J connectivity index is 2.61. The van der Waals surface area contributed by atoms with Gasteiger partial charge in [-0.25, -0.2) is 9.78 Å². The fraction of sp³-hybridized carbons (Fsp3) is 0.385. The minimum atomic E-state index is -0.723. The van der Waals surface area contributed by atoms with E-state index in [-0.39, 0.29) is 5.82 Å². The predicted octanol–water partition coefficient (Wildman–Crippen LogP) is 1.96. The molecule has 0 unspecified atom stereocenters. The van der Waals surface area contributed by atoms with E-state index in [1.54, 1.807) is 20.8 Å². The molecular weight excluding hydrogens is 262 g/mol. The van der Waals surface area contributed by atoms with Crippen LogP contribution in [0.25, 0.3) is 0 Å². The first-order valence-corrected chi connectivity index (χ1v) is 5.95. The Kier molecular flexibility index (Phi) is 4.79. The minimum absolute atomic E-state index is 0.278. The Hall–Kier alpha value is -2.44. The molecule has 7 heteroatoms. The summed E-state index contributed by atoms with van der Waals surface area (Å²) in [4.78, 5) is 37.4. The molecule has 2 amide bonds. The second-order valence-corrected chi connectivity index (χ2v) is 5.07. The summed E-state index contributed by atoms with van der Waals surface area (Å²) >= 11 is 0. The van der Waals surface area contributed by atoms with Crippen LogP contribution in [0.4, 0.5) is 16.3 Å². The smallest absolute Gasteiger partial charge is 0.413 e. The molecule has 0 saturated heterocycles. The van der Waals surface area contributed by atoms with Crippen molar-refractivity contribution >= 4 is 29.3 Å².